The van der Waals surface area contributed by atoms with Crippen molar-refractivity contribution >= 4 is 0 Å². The zero-order valence-corrected chi connectivity index (χ0v) is 10.5. The van der Waals surface area contributed by atoms with Crippen LogP contribution in [0.5, 0.6) is 0 Å². The van der Waals surface area contributed by atoms with Gasteiger partial charge in [-0.2, -0.15) is 5.26 Å². The van der Waals surface area contributed by atoms with Crippen LogP contribution in [0.3, 0.4) is 0 Å². The fourth-order valence-electron chi connectivity index (χ4n) is 2.76. The van der Waals surface area contributed by atoms with Crippen molar-refractivity contribution in [3.05, 3.63) is 0 Å². The fourth-order valence-corrected chi connectivity index (χ4v) is 2.76. The van der Waals surface area contributed by atoms with E-state index in [9.17, 15) is 5.26 Å². The molecular formula is C13H23N3. The van der Waals surface area contributed by atoms with Crippen molar-refractivity contribution < 1.29 is 0 Å². The lowest BCUT2D eigenvalue weighted by atomic mass is 10.0. The van der Waals surface area contributed by atoms with Gasteiger partial charge in [-0.1, -0.05) is 12.8 Å². The highest BCUT2D eigenvalue weighted by atomic mass is 15.2. The van der Waals surface area contributed by atoms with E-state index in [1.807, 2.05) is 6.92 Å². The molecule has 0 bridgehead atoms. The van der Waals surface area contributed by atoms with Gasteiger partial charge in [0.15, 0.2) is 0 Å². The maximum atomic E-state index is 9.31. The van der Waals surface area contributed by atoms with Crippen LogP contribution in [0.25, 0.3) is 0 Å². The minimum absolute atomic E-state index is 0.363. The molecule has 2 aliphatic rings. The molecule has 0 aromatic rings. The zero-order chi connectivity index (χ0) is 11.6. The van der Waals surface area contributed by atoms with Crippen molar-refractivity contribution in [2.45, 2.75) is 63.1 Å². The third-order valence-corrected chi connectivity index (χ3v) is 3.86. The molecule has 0 aliphatic heterocycles. The van der Waals surface area contributed by atoms with Crippen molar-refractivity contribution in [3.8, 4) is 6.07 Å². The van der Waals surface area contributed by atoms with Gasteiger partial charge in [0.2, 0.25) is 0 Å². The molecule has 2 rings (SSSR count). The lowest BCUT2D eigenvalue weighted by Crippen LogP contribution is -2.52. The molecule has 0 heterocycles. The van der Waals surface area contributed by atoms with Crippen LogP contribution in [0.4, 0.5) is 0 Å². The van der Waals surface area contributed by atoms with Crippen LogP contribution in [0.2, 0.25) is 0 Å². The highest BCUT2D eigenvalue weighted by Gasteiger charge is 2.34. The lowest BCUT2D eigenvalue weighted by Gasteiger charge is -2.32. The third-order valence-electron chi connectivity index (χ3n) is 3.86. The normalized spacial score (nSPS) is 25.6. The van der Waals surface area contributed by atoms with E-state index in [0.717, 1.165) is 6.54 Å². The van der Waals surface area contributed by atoms with E-state index in [1.54, 1.807) is 0 Å². The largest absolute Gasteiger partial charge is 0.301 e. The summed E-state index contributed by atoms with van der Waals surface area (Å²) in [5, 5.41) is 12.8. The van der Waals surface area contributed by atoms with Crippen LogP contribution >= 0.6 is 0 Å². The Kier molecular flexibility index (Phi) is 3.51. The Morgan fingerprint density at radius 3 is 2.44 bits per heavy atom. The second-order valence-electron chi connectivity index (χ2n) is 5.72. The maximum Gasteiger partial charge on any atom is 0.116 e. The van der Waals surface area contributed by atoms with E-state index < -0.39 is 0 Å². The van der Waals surface area contributed by atoms with Crippen LogP contribution < -0.4 is 5.32 Å². The second kappa shape index (κ2) is 4.73. The number of hydrogen-bond acceptors (Lipinski definition) is 3. The van der Waals surface area contributed by atoms with Gasteiger partial charge in [-0.25, -0.2) is 0 Å². The number of rotatable bonds is 5. The first kappa shape index (κ1) is 11.9. The summed E-state index contributed by atoms with van der Waals surface area (Å²) in [5.74, 6) is 0. The summed E-state index contributed by atoms with van der Waals surface area (Å²) in [6.07, 6.45) is 7.81. The molecule has 3 heteroatoms. The van der Waals surface area contributed by atoms with E-state index in [1.165, 1.54) is 38.5 Å². The van der Waals surface area contributed by atoms with Crippen LogP contribution in [0.1, 0.15) is 45.4 Å². The first-order valence-electron chi connectivity index (χ1n) is 6.52. The smallest absolute Gasteiger partial charge is 0.116 e. The Morgan fingerprint density at radius 2 is 1.94 bits per heavy atom. The molecule has 3 nitrogen and oxygen atoms in total. The van der Waals surface area contributed by atoms with Crippen LogP contribution in [0, 0.1) is 11.3 Å². The molecule has 0 aromatic carbocycles. The van der Waals surface area contributed by atoms with Crippen molar-refractivity contribution in [1.29, 1.82) is 5.26 Å². The minimum atomic E-state index is -0.363. The lowest BCUT2D eigenvalue weighted by molar-refractivity contribution is 0.198. The molecule has 1 atom stereocenters. The minimum Gasteiger partial charge on any atom is -0.301 e. The number of nitrogens with zero attached hydrogens (tertiary/aromatic N) is 2. The highest BCUT2D eigenvalue weighted by Crippen LogP contribution is 2.26. The zero-order valence-electron chi connectivity index (χ0n) is 10.5. The molecule has 0 radical (unpaired) electrons. The first-order chi connectivity index (χ1) is 7.63. The SMILES string of the molecule is CN(CC(C)(C#N)NC1CC1)C1CCCC1. The van der Waals surface area contributed by atoms with Gasteiger partial charge in [0.25, 0.3) is 0 Å². The summed E-state index contributed by atoms with van der Waals surface area (Å²) in [6, 6.07) is 3.75. The number of nitrogens with one attached hydrogen (secondary N) is 1. The number of hydrogen-bond donors (Lipinski definition) is 1. The van der Waals surface area contributed by atoms with Gasteiger partial charge < -0.3 is 4.90 Å². The Labute approximate surface area is 98.8 Å². The molecule has 0 aromatic heterocycles. The van der Waals surface area contributed by atoms with Crippen LogP contribution in [-0.4, -0.2) is 36.1 Å². The van der Waals surface area contributed by atoms with Gasteiger partial charge in [-0.15, -0.1) is 0 Å². The quantitative estimate of drug-likeness (QED) is 0.770. The molecular weight excluding hydrogens is 198 g/mol. The van der Waals surface area contributed by atoms with Crippen molar-refractivity contribution in [3.63, 3.8) is 0 Å². The van der Waals surface area contributed by atoms with Gasteiger partial charge in [-0.05, 0) is 39.7 Å². The topological polar surface area (TPSA) is 39.1 Å². The van der Waals surface area contributed by atoms with Gasteiger partial charge >= 0.3 is 0 Å². The van der Waals surface area contributed by atoms with Gasteiger partial charge in [-0.3, -0.25) is 5.32 Å². The van der Waals surface area contributed by atoms with Crippen LogP contribution in [0.15, 0.2) is 0 Å². The van der Waals surface area contributed by atoms with Gasteiger partial charge in [0.05, 0.1) is 6.07 Å². The molecule has 0 saturated heterocycles. The summed E-state index contributed by atoms with van der Waals surface area (Å²) < 4.78 is 0. The molecule has 2 saturated carbocycles. The first-order valence-corrected chi connectivity index (χ1v) is 6.52. The molecule has 0 amide bonds. The van der Waals surface area contributed by atoms with E-state index in [0.29, 0.717) is 12.1 Å². The van der Waals surface area contributed by atoms with E-state index in [2.05, 4.69) is 23.3 Å². The molecule has 1 unspecified atom stereocenters. The van der Waals surface area contributed by atoms with E-state index >= 15 is 0 Å². The van der Waals surface area contributed by atoms with Crippen molar-refractivity contribution in [2.24, 2.45) is 0 Å². The summed E-state index contributed by atoms with van der Waals surface area (Å²) in [5.41, 5.74) is -0.363. The predicted octanol–water partition coefficient (Wildman–Crippen LogP) is 1.90. The highest BCUT2D eigenvalue weighted by molar-refractivity contribution is 5.09. The van der Waals surface area contributed by atoms with E-state index in [4.69, 9.17) is 0 Å². The Balaban J connectivity index is 1.86. The molecule has 1 N–H and O–H groups in total. The second-order valence-corrected chi connectivity index (χ2v) is 5.72. The Bertz CT molecular complexity index is 273. The average molecular weight is 221 g/mol. The standard InChI is InChI=1S/C13H23N3/c1-13(9-14,15-11-7-8-11)10-16(2)12-5-3-4-6-12/h11-12,15H,3-8,10H2,1-2H3. The maximum absolute atomic E-state index is 9.31. The molecule has 2 aliphatic carbocycles. The van der Waals surface area contributed by atoms with Crippen molar-refractivity contribution in [1.82, 2.24) is 10.2 Å². The molecule has 0 spiro atoms. The fraction of sp³-hybridized carbons (Fsp3) is 0.923. The summed E-state index contributed by atoms with van der Waals surface area (Å²) in [6.45, 7) is 2.89. The summed E-state index contributed by atoms with van der Waals surface area (Å²) in [7, 11) is 2.17. The Hall–Kier alpha value is -0.590. The molecule has 2 fully saturated rings. The number of nitriles is 1. The average Bonchev–Trinajstić information content (AvgIpc) is 2.88. The van der Waals surface area contributed by atoms with E-state index in [-0.39, 0.29) is 5.54 Å². The predicted molar refractivity (Wildman–Crippen MR) is 65.1 cm³/mol. The Morgan fingerprint density at radius 1 is 1.31 bits per heavy atom. The van der Waals surface area contributed by atoms with Gasteiger partial charge in [0.1, 0.15) is 5.54 Å². The van der Waals surface area contributed by atoms with Gasteiger partial charge in [0, 0.05) is 18.6 Å². The molecule has 16 heavy (non-hydrogen) atoms. The summed E-state index contributed by atoms with van der Waals surface area (Å²) in [4.78, 5) is 2.38. The van der Waals surface area contributed by atoms with Crippen LogP contribution in [-0.2, 0) is 0 Å². The van der Waals surface area contributed by atoms with Crippen molar-refractivity contribution in [2.75, 3.05) is 13.6 Å². The monoisotopic (exact) mass is 221 g/mol. The third kappa shape index (κ3) is 2.96. The summed E-state index contributed by atoms with van der Waals surface area (Å²) >= 11 is 0. The molecule has 90 valence electrons. The number of likely N-dealkylation sites (N-methyl/N-ethyl adjacent to an activating group) is 1.